The van der Waals surface area contributed by atoms with E-state index in [1.807, 2.05) is 0 Å². The molecule has 0 heterocycles. The molecule has 0 fully saturated rings. The van der Waals surface area contributed by atoms with Crippen molar-refractivity contribution >= 4 is 9.84 Å². The van der Waals surface area contributed by atoms with Crippen LogP contribution in [0, 0.1) is 0 Å². The van der Waals surface area contributed by atoms with E-state index in [-0.39, 0.29) is 12.2 Å². The number of rotatable bonds is 4. The number of phenols is 3. The summed E-state index contributed by atoms with van der Waals surface area (Å²) in [6.45, 7) is 0.0201. The number of benzene rings is 1. The van der Waals surface area contributed by atoms with Crippen molar-refractivity contribution in [2.24, 2.45) is 0 Å². The summed E-state index contributed by atoms with van der Waals surface area (Å²) in [5, 5.41) is 28.3. The molecule has 0 atom stereocenters. The monoisotopic (exact) mass is 262 g/mol. The van der Waals surface area contributed by atoms with Gasteiger partial charge in [-0.05, 0) is 11.6 Å². The minimum absolute atomic E-state index is 0.0201. The van der Waals surface area contributed by atoms with Crippen LogP contribution in [0.3, 0.4) is 0 Å². The topological polar surface area (TPSA) is 104 Å². The van der Waals surface area contributed by atoms with Gasteiger partial charge in [-0.15, -0.1) is 0 Å². The zero-order valence-electron chi connectivity index (χ0n) is 9.47. The lowest BCUT2D eigenvalue weighted by atomic mass is 10.1. The zero-order chi connectivity index (χ0) is 13.2. The Bertz CT molecular complexity index is 520. The molecule has 7 heteroatoms. The molecule has 6 nitrogen and oxygen atoms in total. The predicted octanol–water partition coefficient (Wildman–Crippen LogP) is 0.494. The molecule has 0 saturated carbocycles. The third-order valence-electron chi connectivity index (χ3n) is 2.16. The van der Waals surface area contributed by atoms with Gasteiger partial charge in [0.05, 0.1) is 12.4 Å². The van der Waals surface area contributed by atoms with E-state index in [9.17, 15) is 23.7 Å². The van der Waals surface area contributed by atoms with Gasteiger partial charge in [-0.25, -0.2) is 8.42 Å². The highest BCUT2D eigenvalue weighted by molar-refractivity contribution is 7.89. The zero-order valence-corrected chi connectivity index (χ0v) is 10.3. The van der Waals surface area contributed by atoms with Gasteiger partial charge < -0.3 is 20.1 Å². The highest BCUT2D eigenvalue weighted by atomic mass is 32.2. The van der Waals surface area contributed by atoms with Crippen molar-refractivity contribution in [3.63, 3.8) is 0 Å². The van der Waals surface area contributed by atoms with Crippen molar-refractivity contribution in [3.8, 4) is 17.2 Å². The van der Waals surface area contributed by atoms with E-state index in [4.69, 9.17) is 4.74 Å². The smallest absolute Gasteiger partial charge is 0.200 e. The second kappa shape index (κ2) is 4.80. The van der Waals surface area contributed by atoms with E-state index in [0.717, 1.165) is 6.26 Å². The quantitative estimate of drug-likeness (QED) is 0.682. The minimum Gasteiger partial charge on any atom is -0.504 e. The van der Waals surface area contributed by atoms with Crippen LogP contribution in [-0.2, 0) is 26.9 Å². The van der Waals surface area contributed by atoms with E-state index in [1.54, 1.807) is 0 Å². The van der Waals surface area contributed by atoms with Crippen LogP contribution in [0.25, 0.3) is 0 Å². The van der Waals surface area contributed by atoms with Crippen molar-refractivity contribution in [2.75, 3.05) is 13.4 Å². The Morgan fingerprint density at radius 1 is 1.24 bits per heavy atom. The van der Waals surface area contributed by atoms with Crippen molar-refractivity contribution in [3.05, 3.63) is 17.2 Å². The molecule has 0 bridgehead atoms. The molecule has 1 rings (SSSR count). The Labute approximate surface area is 99.0 Å². The molecule has 0 amide bonds. The van der Waals surface area contributed by atoms with Crippen LogP contribution in [0.5, 0.6) is 17.2 Å². The minimum atomic E-state index is -3.38. The highest BCUT2D eigenvalue weighted by Crippen LogP contribution is 2.40. The van der Waals surface area contributed by atoms with Crippen molar-refractivity contribution < 1.29 is 28.5 Å². The first-order chi connectivity index (χ1) is 7.76. The lowest BCUT2D eigenvalue weighted by molar-refractivity contribution is 0.183. The van der Waals surface area contributed by atoms with Gasteiger partial charge in [0.15, 0.2) is 21.3 Å². The number of sulfone groups is 1. The molecular formula is C10H14O6S. The van der Waals surface area contributed by atoms with Gasteiger partial charge >= 0.3 is 0 Å². The molecule has 0 radical (unpaired) electrons. The van der Waals surface area contributed by atoms with Crippen molar-refractivity contribution in [1.29, 1.82) is 0 Å². The van der Waals surface area contributed by atoms with E-state index in [0.29, 0.717) is 5.56 Å². The normalized spacial score (nSPS) is 11.6. The maximum atomic E-state index is 11.2. The molecule has 96 valence electrons. The van der Waals surface area contributed by atoms with Gasteiger partial charge in [0.25, 0.3) is 0 Å². The lowest BCUT2D eigenvalue weighted by Gasteiger charge is -2.12. The highest BCUT2D eigenvalue weighted by Gasteiger charge is 2.20. The third-order valence-corrected chi connectivity index (χ3v) is 2.97. The molecular weight excluding hydrogens is 248 g/mol. The maximum Gasteiger partial charge on any atom is 0.200 e. The first kappa shape index (κ1) is 13.6. The van der Waals surface area contributed by atoms with Crippen LogP contribution in [-0.4, -0.2) is 37.1 Å². The second-order valence-corrected chi connectivity index (χ2v) is 5.87. The molecule has 0 spiro atoms. The summed E-state index contributed by atoms with van der Waals surface area (Å²) in [7, 11) is -1.98. The molecule has 0 saturated heterocycles. The van der Waals surface area contributed by atoms with Crippen LogP contribution < -0.4 is 0 Å². The van der Waals surface area contributed by atoms with Crippen LogP contribution >= 0.6 is 0 Å². The van der Waals surface area contributed by atoms with Crippen molar-refractivity contribution in [2.45, 2.75) is 12.4 Å². The summed E-state index contributed by atoms with van der Waals surface area (Å²) in [5.74, 6) is -2.33. The average Bonchev–Trinajstić information content (AvgIpc) is 2.20. The second-order valence-electron chi connectivity index (χ2n) is 3.73. The number of phenolic OH excluding ortho intramolecular Hbond substituents is 3. The van der Waals surface area contributed by atoms with Gasteiger partial charge in [-0.1, -0.05) is 0 Å². The lowest BCUT2D eigenvalue weighted by Crippen LogP contribution is -2.05. The molecule has 0 aliphatic heterocycles. The molecule has 3 N–H and O–H groups in total. The largest absolute Gasteiger partial charge is 0.504 e. The van der Waals surface area contributed by atoms with Gasteiger partial charge in [-0.2, -0.15) is 0 Å². The van der Waals surface area contributed by atoms with Crippen LogP contribution in [0.4, 0.5) is 0 Å². The first-order valence-corrected chi connectivity index (χ1v) is 6.74. The van der Waals surface area contributed by atoms with Gasteiger partial charge in [0, 0.05) is 18.9 Å². The maximum absolute atomic E-state index is 11.2. The summed E-state index contributed by atoms with van der Waals surface area (Å²) in [4.78, 5) is 0. The van der Waals surface area contributed by atoms with E-state index in [2.05, 4.69) is 0 Å². The van der Waals surface area contributed by atoms with E-state index in [1.165, 1.54) is 13.2 Å². The summed E-state index contributed by atoms with van der Waals surface area (Å²) >= 11 is 0. The molecule has 17 heavy (non-hydrogen) atoms. The molecule has 0 aromatic heterocycles. The standard InChI is InChI=1S/C10H14O6S/c1-16-4-6-3-8(11)10(13)9(12)7(6)5-17(2,14)15/h3,11-13H,4-5H2,1-2H3. The number of aromatic hydroxyl groups is 3. The fraction of sp³-hybridized carbons (Fsp3) is 0.400. The van der Waals surface area contributed by atoms with Crippen molar-refractivity contribution in [1.82, 2.24) is 0 Å². The Morgan fingerprint density at radius 3 is 2.29 bits per heavy atom. The Kier molecular flexibility index (Phi) is 3.84. The number of methoxy groups -OCH3 is 1. The van der Waals surface area contributed by atoms with Crippen LogP contribution in [0.2, 0.25) is 0 Å². The molecule has 1 aromatic rings. The Morgan fingerprint density at radius 2 is 1.82 bits per heavy atom. The third kappa shape index (κ3) is 3.24. The number of hydrogen-bond acceptors (Lipinski definition) is 6. The van der Waals surface area contributed by atoms with Crippen LogP contribution in [0.1, 0.15) is 11.1 Å². The SMILES string of the molecule is COCc1cc(O)c(O)c(O)c1CS(C)(=O)=O. The average molecular weight is 262 g/mol. The van der Waals surface area contributed by atoms with Crippen LogP contribution in [0.15, 0.2) is 6.07 Å². The van der Waals surface area contributed by atoms with Gasteiger partial charge in [0.2, 0.25) is 5.75 Å². The van der Waals surface area contributed by atoms with Gasteiger partial charge in [0.1, 0.15) is 0 Å². The summed E-state index contributed by atoms with van der Waals surface area (Å²) < 4.78 is 27.3. The first-order valence-electron chi connectivity index (χ1n) is 4.68. The summed E-state index contributed by atoms with van der Waals surface area (Å²) in [5.41, 5.74) is 0.343. The van der Waals surface area contributed by atoms with E-state index >= 15 is 0 Å². The predicted molar refractivity (Wildman–Crippen MR) is 60.7 cm³/mol. The fourth-order valence-corrected chi connectivity index (χ4v) is 2.29. The fourth-order valence-electron chi connectivity index (χ4n) is 1.44. The number of hydrogen-bond donors (Lipinski definition) is 3. The molecule has 0 aliphatic rings. The Hall–Kier alpha value is -1.47. The molecule has 0 aliphatic carbocycles. The summed E-state index contributed by atoms with van der Waals surface area (Å²) in [6.07, 6.45) is 1.01. The number of ether oxygens (including phenoxy) is 1. The van der Waals surface area contributed by atoms with E-state index < -0.39 is 32.8 Å². The molecule has 0 unspecified atom stereocenters. The van der Waals surface area contributed by atoms with Gasteiger partial charge in [-0.3, -0.25) is 0 Å². The summed E-state index contributed by atoms with van der Waals surface area (Å²) in [6, 6.07) is 1.17. The Balaban J connectivity index is 3.38. The molecule has 1 aromatic carbocycles.